The van der Waals surface area contributed by atoms with Gasteiger partial charge in [0.05, 0.1) is 9.80 Å². The smallest absolute Gasteiger partial charge is 0.363 e. The van der Waals surface area contributed by atoms with Crippen molar-refractivity contribution in [2.75, 3.05) is 0 Å². The Morgan fingerprint density at radius 2 is 2.00 bits per heavy atom. The van der Waals surface area contributed by atoms with Crippen LogP contribution in [0.15, 0.2) is 52.5 Å². The SMILES string of the molecule is O=C1OC(c2cccs2)=N/C1=C/c1ccc([N+](=O)[O-])cc1. The Kier molecular flexibility index (Phi) is 3.33. The van der Waals surface area contributed by atoms with Gasteiger partial charge in [0.15, 0.2) is 5.70 Å². The molecule has 0 radical (unpaired) electrons. The zero-order valence-electron chi connectivity index (χ0n) is 10.6. The highest BCUT2D eigenvalue weighted by atomic mass is 32.1. The normalized spacial score (nSPS) is 15.9. The number of nitrogens with zero attached hydrogens (tertiary/aromatic N) is 2. The molecule has 1 aliphatic rings. The summed E-state index contributed by atoms with van der Waals surface area (Å²) >= 11 is 1.43. The summed E-state index contributed by atoms with van der Waals surface area (Å²) in [6.07, 6.45) is 1.53. The van der Waals surface area contributed by atoms with Crippen molar-refractivity contribution >= 4 is 35.0 Å². The molecule has 2 aromatic rings. The van der Waals surface area contributed by atoms with Gasteiger partial charge in [0, 0.05) is 12.1 Å². The fourth-order valence-electron chi connectivity index (χ4n) is 1.76. The molecule has 0 unspecified atom stereocenters. The molecular formula is C14H8N2O4S. The van der Waals surface area contributed by atoms with Gasteiger partial charge in [-0.25, -0.2) is 9.79 Å². The number of cyclic esters (lactones) is 1. The highest BCUT2D eigenvalue weighted by Crippen LogP contribution is 2.22. The van der Waals surface area contributed by atoms with Crippen molar-refractivity contribution in [1.29, 1.82) is 0 Å². The van der Waals surface area contributed by atoms with Crippen LogP contribution in [0.1, 0.15) is 10.4 Å². The van der Waals surface area contributed by atoms with Gasteiger partial charge in [-0.05, 0) is 35.2 Å². The van der Waals surface area contributed by atoms with Gasteiger partial charge in [0.1, 0.15) is 0 Å². The number of aliphatic imine (C=N–C) groups is 1. The predicted molar refractivity (Wildman–Crippen MR) is 78.0 cm³/mol. The first-order valence-electron chi connectivity index (χ1n) is 5.94. The van der Waals surface area contributed by atoms with E-state index in [9.17, 15) is 14.9 Å². The number of rotatable bonds is 3. The molecule has 2 heterocycles. The Morgan fingerprint density at radius 3 is 2.62 bits per heavy atom. The lowest BCUT2D eigenvalue weighted by molar-refractivity contribution is -0.384. The molecule has 3 rings (SSSR count). The lowest BCUT2D eigenvalue weighted by atomic mass is 10.2. The molecule has 7 heteroatoms. The third kappa shape index (κ3) is 2.72. The average molecular weight is 300 g/mol. The van der Waals surface area contributed by atoms with Gasteiger partial charge in [0.25, 0.3) is 5.69 Å². The second-order valence-electron chi connectivity index (χ2n) is 4.16. The fourth-order valence-corrected chi connectivity index (χ4v) is 2.41. The molecule has 1 aromatic heterocycles. The molecule has 0 saturated heterocycles. The second kappa shape index (κ2) is 5.29. The van der Waals surface area contributed by atoms with Crippen molar-refractivity contribution in [1.82, 2.24) is 0 Å². The van der Waals surface area contributed by atoms with Crippen molar-refractivity contribution in [2.45, 2.75) is 0 Å². The van der Waals surface area contributed by atoms with Gasteiger partial charge in [-0.2, -0.15) is 0 Å². The standard InChI is InChI=1S/C14H8N2O4S/c17-14-11(15-13(20-14)12-2-1-7-21-12)8-9-3-5-10(6-4-9)16(18)19/h1-8H/b11-8+. The van der Waals surface area contributed by atoms with Crippen LogP contribution in [0, 0.1) is 10.1 Å². The number of non-ortho nitro benzene ring substituents is 1. The number of benzene rings is 1. The zero-order valence-corrected chi connectivity index (χ0v) is 11.4. The number of hydrogen-bond donors (Lipinski definition) is 0. The van der Waals surface area contributed by atoms with Crippen LogP contribution in [0.2, 0.25) is 0 Å². The monoisotopic (exact) mass is 300 g/mol. The van der Waals surface area contributed by atoms with E-state index >= 15 is 0 Å². The number of carbonyl (C=O) groups is 1. The number of nitro benzene ring substituents is 1. The number of carbonyl (C=O) groups excluding carboxylic acids is 1. The van der Waals surface area contributed by atoms with E-state index in [2.05, 4.69) is 4.99 Å². The Morgan fingerprint density at radius 1 is 1.24 bits per heavy atom. The minimum atomic E-state index is -0.531. The molecular weight excluding hydrogens is 292 g/mol. The van der Waals surface area contributed by atoms with Crippen molar-refractivity contribution in [3.05, 3.63) is 68.0 Å². The molecule has 6 nitrogen and oxygen atoms in total. The predicted octanol–water partition coefficient (Wildman–Crippen LogP) is 3.00. The van der Waals surface area contributed by atoms with Gasteiger partial charge in [-0.15, -0.1) is 11.3 Å². The molecule has 0 N–H and O–H groups in total. The summed E-state index contributed by atoms with van der Waals surface area (Å²) in [5.41, 5.74) is 0.810. The van der Waals surface area contributed by atoms with Crippen LogP contribution in [0.4, 0.5) is 5.69 Å². The van der Waals surface area contributed by atoms with Gasteiger partial charge in [-0.1, -0.05) is 6.07 Å². The Labute approximate surface area is 123 Å². The summed E-state index contributed by atoms with van der Waals surface area (Å²) in [4.78, 5) is 26.8. The molecule has 0 bridgehead atoms. The molecule has 21 heavy (non-hydrogen) atoms. The largest absolute Gasteiger partial charge is 0.401 e. The van der Waals surface area contributed by atoms with E-state index < -0.39 is 10.9 Å². The van der Waals surface area contributed by atoms with Gasteiger partial charge < -0.3 is 4.74 Å². The van der Waals surface area contributed by atoms with E-state index in [1.807, 2.05) is 17.5 Å². The van der Waals surface area contributed by atoms with Crippen LogP contribution in [-0.4, -0.2) is 16.8 Å². The lowest BCUT2D eigenvalue weighted by Gasteiger charge is -1.94. The Balaban J connectivity index is 1.89. The first-order valence-corrected chi connectivity index (χ1v) is 6.82. The number of nitro groups is 1. The van der Waals surface area contributed by atoms with E-state index in [-0.39, 0.29) is 17.3 Å². The molecule has 104 valence electrons. The van der Waals surface area contributed by atoms with Crippen molar-refractivity contribution in [2.24, 2.45) is 4.99 Å². The van der Waals surface area contributed by atoms with E-state index in [0.29, 0.717) is 5.56 Å². The number of esters is 1. The van der Waals surface area contributed by atoms with Crippen molar-refractivity contribution in [3.63, 3.8) is 0 Å². The maximum Gasteiger partial charge on any atom is 0.363 e. The lowest BCUT2D eigenvalue weighted by Crippen LogP contribution is -2.03. The van der Waals surface area contributed by atoms with E-state index in [1.54, 1.807) is 12.1 Å². The van der Waals surface area contributed by atoms with Crippen LogP contribution in [-0.2, 0) is 9.53 Å². The Bertz CT molecular complexity index is 761. The molecule has 0 spiro atoms. The van der Waals surface area contributed by atoms with Crippen molar-refractivity contribution < 1.29 is 14.5 Å². The second-order valence-corrected chi connectivity index (χ2v) is 5.11. The van der Waals surface area contributed by atoms with Crippen LogP contribution in [0.25, 0.3) is 6.08 Å². The first-order chi connectivity index (χ1) is 10.1. The molecule has 0 aliphatic carbocycles. The highest BCUT2D eigenvalue weighted by molar-refractivity contribution is 7.12. The van der Waals surface area contributed by atoms with E-state index in [0.717, 1.165) is 4.88 Å². The summed E-state index contributed by atoms with van der Waals surface area (Å²) in [6.45, 7) is 0. The summed E-state index contributed by atoms with van der Waals surface area (Å²) in [5, 5.41) is 12.4. The third-order valence-electron chi connectivity index (χ3n) is 2.76. The molecule has 0 fully saturated rings. The van der Waals surface area contributed by atoms with Crippen LogP contribution in [0.3, 0.4) is 0 Å². The minimum Gasteiger partial charge on any atom is -0.401 e. The summed E-state index contributed by atoms with van der Waals surface area (Å²) in [5.74, 6) is -0.250. The summed E-state index contributed by atoms with van der Waals surface area (Å²) < 4.78 is 5.10. The van der Waals surface area contributed by atoms with Gasteiger partial charge in [-0.3, -0.25) is 10.1 Å². The minimum absolute atomic E-state index is 0.00563. The van der Waals surface area contributed by atoms with Gasteiger partial charge in [0.2, 0.25) is 5.90 Å². The summed E-state index contributed by atoms with van der Waals surface area (Å²) in [6, 6.07) is 9.50. The fraction of sp³-hybridized carbons (Fsp3) is 0. The van der Waals surface area contributed by atoms with E-state index in [4.69, 9.17) is 4.74 Å². The quantitative estimate of drug-likeness (QED) is 0.377. The van der Waals surface area contributed by atoms with Crippen molar-refractivity contribution in [3.8, 4) is 0 Å². The molecule has 1 aliphatic heterocycles. The molecule has 0 saturated carbocycles. The number of hydrogen-bond acceptors (Lipinski definition) is 6. The van der Waals surface area contributed by atoms with Gasteiger partial charge >= 0.3 is 5.97 Å². The Hall–Kier alpha value is -2.80. The maximum absolute atomic E-state index is 11.8. The van der Waals surface area contributed by atoms with E-state index in [1.165, 1.54) is 29.5 Å². The van der Waals surface area contributed by atoms with Crippen LogP contribution < -0.4 is 0 Å². The highest BCUT2D eigenvalue weighted by Gasteiger charge is 2.24. The summed E-state index contributed by atoms with van der Waals surface area (Å²) in [7, 11) is 0. The maximum atomic E-state index is 11.8. The molecule has 1 aromatic carbocycles. The number of ether oxygens (including phenoxy) is 1. The topological polar surface area (TPSA) is 81.8 Å². The molecule has 0 atom stereocenters. The number of thiophene rings is 1. The molecule has 0 amide bonds. The average Bonchev–Trinajstić information content (AvgIpc) is 3.10. The zero-order chi connectivity index (χ0) is 14.8. The van der Waals surface area contributed by atoms with Crippen LogP contribution >= 0.6 is 11.3 Å². The first kappa shape index (κ1) is 13.2. The third-order valence-corrected chi connectivity index (χ3v) is 3.62. The van der Waals surface area contributed by atoms with Crippen LogP contribution in [0.5, 0.6) is 0 Å².